The lowest BCUT2D eigenvalue weighted by molar-refractivity contribution is -0.115. The van der Waals surface area contributed by atoms with E-state index >= 15 is 0 Å². The van der Waals surface area contributed by atoms with Crippen LogP contribution >= 0.6 is 11.3 Å². The second kappa shape index (κ2) is 7.42. The Hall–Kier alpha value is -1.77. The Kier molecular flexibility index (Phi) is 5.27. The molecular formula is C16H19N3O3S2. The molecule has 3 rings (SSSR count). The molecule has 0 aromatic carbocycles. The fourth-order valence-electron chi connectivity index (χ4n) is 2.62. The minimum atomic E-state index is -3.43. The van der Waals surface area contributed by atoms with Crippen molar-refractivity contribution in [1.29, 1.82) is 0 Å². The van der Waals surface area contributed by atoms with E-state index in [0.29, 0.717) is 23.0 Å². The number of sulfonamides is 1. The van der Waals surface area contributed by atoms with E-state index in [0.717, 1.165) is 24.1 Å². The molecule has 8 heteroatoms. The monoisotopic (exact) mass is 365 g/mol. The lowest BCUT2D eigenvalue weighted by atomic mass is 10.2. The molecule has 0 spiro atoms. The minimum Gasteiger partial charge on any atom is -0.324 e. The van der Waals surface area contributed by atoms with Crippen LogP contribution in [-0.2, 0) is 21.2 Å². The molecule has 2 aromatic heterocycles. The third kappa shape index (κ3) is 4.00. The van der Waals surface area contributed by atoms with E-state index in [1.807, 2.05) is 0 Å². The van der Waals surface area contributed by atoms with Crippen molar-refractivity contribution in [1.82, 2.24) is 9.29 Å². The van der Waals surface area contributed by atoms with Crippen molar-refractivity contribution in [2.75, 3.05) is 18.4 Å². The van der Waals surface area contributed by atoms with Gasteiger partial charge in [0.1, 0.15) is 4.21 Å². The topological polar surface area (TPSA) is 79.4 Å². The summed E-state index contributed by atoms with van der Waals surface area (Å²) < 4.78 is 27.1. The molecule has 1 saturated heterocycles. The number of rotatable bonds is 5. The number of carbonyl (C=O) groups is 1. The molecule has 1 N–H and O–H groups in total. The second-order valence-corrected chi connectivity index (χ2v) is 8.99. The molecule has 3 heterocycles. The predicted octanol–water partition coefficient (Wildman–Crippen LogP) is 2.50. The summed E-state index contributed by atoms with van der Waals surface area (Å²) in [6, 6.07) is 6.81. The molecule has 6 nitrogen and oxygen atoms in total. The van der Waals surface area contributed by atoms with Crippen LogP contribution in [0.1, 0.15) is 24.1 Å². The molecule has 0 saturated carbocycles. The summed E-state index contributed by atoms with van der Waals surface area (Å²) in [6.07, 6.45) is 6.24. The maximum Gasteiger partial charge on any atom is 0.252 e. The molecule has 1 fully saturated rings. The van der Waals surface area contributed by atoms with Crippen molar-refractivity contribution in [2.45, 2.75) is 29.9 Å². The van der Waals surface area contributed by atoms with Crippen LogP contribution in [0.4, 0.5) is 5.69 Å². The molecule has 1 aliphatic heterocycles. The molecule has 128 valence electrons. The van der Waals surface area contributed by atoms with Gasteiger partial charge in [-0.05, 0) is 37.1 Å². The Balaban J connectivity index is 1.65. The highest BCUT2D eigenvalue weighted by Crippen LogP contribution is 2.27. The first-order valence-electron chi connectivity index (χ1n) is 7.84. The number of nitrogens with one attached hydrogen (secondary N) is 1. The van der Waals surface area contributed by atoms with Gasteiger partial charge < -0.3 is 5.32 Å². The van der Waals surface area contributed by atoms with Crippen LogP contribution in [0.25, 0.3) is 0 Å². The smallest absolute Gasteiger partial charge is 0.252 e. The number of carbonyl (C=O) groups excluding carboxylic acids is 1. The highest BCUT2D eigenvalue weighted by atomic mass is 32.2. The van der Waals surface area contributed by atoms with E-state index in [-0.39, 0.29) is 12.3 Å². The summed E-state index contributed by atoms with van der Waals surface area (Å²) in [4.78, 5) is 16.7. The van der Waals surface area contributed by atoms with Gasteiger partial charge in [-0.25, -0.2) is 8.42 Å². The van der Waals surface area contributed by atoms with Crippen molar-refractivity contribution in [3.63, 3.8) is 0 Å². The van der Waals surface area contributed by atoms with Crippen LogP contribution in [0, 0.1) is 0 Å². The largest absolute Gasteiger partial charge is 0.324 e. The molecule has 24 heavy (non-hydrogen) atoms. The van der Waals surface area contributed by atoms with Crippen molar-refractivity contribution in [3.05, 3.63) is 41.5 Å². The Morgan fingerprint density at radius 3 is 2.71 bits per heavy atom. The lowest BCUT2D eigenvalue weighted by Gasteiger charge is -2.25. The van der Waals surface area contributed by atoms with Gasteiger partial charge in [-0.1, -0.05) is 6.42 Å². The van der Waals surface area contributed by atoms with Crippen molar-refractivity contribution >= 4 is 33.0 Å². The summed E-state index contributed by atoms with van der Waals surface area (Å²) in [5.74, 6) is -0.188. The fraction of sp³-hybridized carbons (Fsp3) is 0.375. The Bertz CT molecular complexity index is 797. The van der Waals surface area contributed by atoms with Gasteiger partial charge >= 0.3 is 0 Å². The standard InChI is InChI=1S/C16H19N3O3S2/c20-15(18-13-5-4-8-17-12-13)11-14-6-7-16(23-14)24(21,22)19-9-2-1-3-10-19/h4-8,12H,1-3,9-11H2,(H,18,20). The highest BCUT2D eigenvalue weighted by molar-refractivity contribution is 7.91. The molecule has 0 bridgehead atoms. The number of pyridine rings is 1. The van der Waals surface area contributed by atoms with Gasteiger partial charge in [-0.15, -0.1) is 11.3 Å². The van der Waals surface area contributed by atoms with Gasteiger partial charge in [0.25, 0.3) is 10.0 Å². The first kappa shape index (κ1) is 17.1. The van der Waals surface area contributed by atoms with Crippen LogP contribution in [0.2, 0.25) is 0 Å². The van der Waals surface area contributed by atoms with E-state index < -0.39 is 10.0 Å². The quantitative estimate of drug-likeness (QED) is 0.883. The van der Waals surface area contributed by atoms with E-state index in [2.05, 4.69) is 10.3 Å². The maximum atomic E-state index is 12.6. The summed E-state index contributed by atoms with van der Waals surface area (Å²) in [5, 5.41) is 2.75. The number of nitrogens with zero attached hydrogens (tertiary/aromatic N) is 2. The van der Waals surface area contributed by atoms with Crippen LogP contribution in [0.5, 0.6) is 0 Å². The van der Waals surface area contributed by atoms with Gasteiger partial charge in [0, 0.05) is 24.2 Å². The van der Waals surface area contributed by atoms with Gasteiger partial charge in [0.15, 0.2) is 0 Å². The Morgan fingerprint density at radius 2 is 2.00 bits per heavy atom. The summed E-state index contributed by atoms with van der Waals surface area (Å²) >= 11 is 1.17. The molecule has 1 aliphatic rings. The number of hydrogen-bond acceptors (Lipinski definition) is 5. The molecule has 0 atom stereocenters. The van der Waals surface area contributed by atoms with Crippen LogP contribution in [-0.4, -0.2) is 36.7 Å². The van der Waals surface area contributed by atoms with Gasteiger partial charge in [-0.3, -0.25) is 9.78 Å². The van der Waals surface area contributed by atoms with E-state index in [9.17, 15) is 13.2 Å². The average Bonchev–Trinajstić information content (AvgIpc) is 3.05. The van der Waals surface area contributed by atoms with E-state index in [1.165, 1.54) is 11.3 Å². The van der Waals surface area contributed by atoms with Crippen molar-refractivity contribution in [2.24, 2.45) is 0 Å². The zero-order valence-corrected chi connectivity index (χ0v) is 14.8. The molecular weight excluding hydrogens is 346 g/mol. The van der Waals surface area contributed by atoms with E-state index in [1.54, 1.807) is 41.0 Å². The molecule has 1 amide bonds. The number of thiophene rings is 1. The van der Waals surface area contributed by atoms with Crippen molar-refractivity contribution < 1.29 is 13.2 Å². The van der Waals surface area contributed by atoms with Crippen LogP contribution in [0.3, 0.4) is 0 Å². The summed E-state index contributed by atoms with van der Waals surface area (Å²) in [7, 11) is -3.43. The molecule has 0 aliphatic carbocycles. The van der Waals surface area contributed by atoms with Gasteiger partial charge in [-0.2, -0.15) is 4.31 Å². The Morgan fingerprint density at radius 1 is 1.21 bits per heavy atom. The molecule has 2 aromatic rings. The SMILES string of the molecule is O=C(Cc1ccc(S(=O)(=O)N2CCCCC2)s1)Nc1cccnc1. The summed E-state index contributed by atoms with van der Waals surface area (Å²) in [5.41, 5.74) is 0.625. The number of amides is 1. The lowest BCUT2D eigenvalue weighted by Crippen LogP contribution is -2.35. The average molecular weight is 365 g/mol. The summed E-state index contributed by atoms with van der Waals surface area (Å²) in [6.45, 7) is 1.16. The third-order valence-corrected chi connectivity index (χ3v) is 7.28. The van der Waals surface area contributed by atoms with Gasteiger partial charge in [0.05, 0.1) is 18.3 Å². The molecule has 0 unspecified atom stereocenters. The zero-order chi connectivity index (χ0) is 17.0. The van der Waals surface area contributed by atoms with Crippen molar-refractivity contribution in [3.8, 4) is 0 Å². The zero-order valence-electron chi connectivity index (χ0n) is 13.1. The maximum absolute atomic E-state index is 12.6. The third-order valence-electron chi connectivity index (χ3n) is 3.83. The highest BCUT2D eigenvalue weighted by Gasteiger charge is 2.27. The number of aromatic nitrogens is 1. The van der Waals surface area contributed by atoms with Gasteiger partial charge in [0.2, 0.25) is 5.91 Å². The molecule has 0 radical (unpaired) electrons. The number of hydrogen-bond donors (Lipinski definition) is 1. The predicted molar refractivity (Wildman–Crippen MR) is 93.5 cm³/mol. The first-order chi connectivity index (χ1) is 11.6. The normalized spacial score (nSPS) is 16.0. The van der Waals surface area contributed by atoms with E-state index in [4.69, 9.17) is 0 Å². The number of anilines is 1. The minimum absolute atomic E-state index is 0.148. The first-order valence-corrected chi connectivity index (χ1v) is 10.1. The fourth-order valence-corrected chi connectivity index (χ4v) is 5.65. The number of piperidine rings is 1. The second-order valence-electron chi connectivity index (χ2n) is 5.65. The van der Waals surface area contributed by atoms with Crippen LogP contribution < -0.4 is 5.32 Å². The Labute approximate surface area is 145 Å². The van der Waals surface area contributed by atoms with Crippen LogP contribution in [0.15, 0.2) is 40.9 Å².